The quantitative estimate of drug-likeness (QED) is 0.593. The number of benzene rings is 1. The van der Waals surface area contributed by atoms with Crippen LogP contribution in [0.1, 0.15) is 17.3 Å². The molecule has 3 N–H and O–H groups in total. The molecule has 0 amide bonds. The maximum absolute atomic E-state index is 11.4. The molecule has 19 heavy (non-hydrogen) atoms. The first-order chi connectivity index (χ1) is 8.93. The summed E-state index contributed by atoms with van der Waals surface area (Å²) in [6, 6.07) is 6.24. The van der Waals surface area contributed by atoms with Crippen LogP contribution >= 0.6 is 0 Å². The summed E-state index contributed by atoms with van der Waals surface area (Å²) in [7, 11) is -1.43. The van der Waals surface area contributed by atoms with Gasteiger partial charge < -0.3 is 0 Å². The molecule has 1 aromatic heterocycles. The lowest BCUT2D eigenvalue weighted by Crippen LogP contribution is -2.30. The fourth-order valence-corrected chi connectivity index (χ4v) is 2.45. The third kappa shape index (κ3) is 2.80. The molecule has 7 nitrogen and oxygen atoms in total. The lowest BCUT2D eigenvalue weighted by atomic mass is 10.1. The molecule has 0 radical (unpaired) electrons. The van der Waals surface area contributed by atoms with Crippen LogP contribution in [0.15, 0.2) is 35.4 Å². The number of nitrogens with zero attached hydrogens (tertiary/aromatic N) is 3. The van der Waals surface area contributed by atoms with Crippen LogP contribution in [0, 0.1) is 0 Å². The summed E-state index contributed by atoms with van der Waals surface area (Å²) in [5, 5.41) is 7.64. The minimum absolute atomic E-state index is 0.273. The van der Waals surface area contributed by atoms with Crippen molar-refractivity contribution < 1.29 is 8.42 Å². The summed E-state index contributed by atoms with van der Waals surface area (Å²) < 4.78 is 24.4. The molecule has 0 fully saturated rings. The summed E-state index contributed by atoms with van der Waals surface area (Å²) >= 11 is 0. The molecule has 102 valence electrons. The Bertz CT molecular complexity index is 663. The number of hydrogen-bond donors (Lipinski definition) is 2. The second-order valence-electron chi connectivity index (χ2n) is 4.22. The van der Waals surface area contributed by atoms with Gasteiger partial charge in [-0.15, -0.1) is 5.10 Å². The lowest BCUT2D eigenvalue weighted by Gasteiger charge is -2.16. The van der Waals surface area contributed by atoms with Crippen molar-refractivity contribution in [3.63, 3.8) is 0 Å². The number of sulfone groups is 1. The van der Waals surface area contributed by atoms with Gasteiger partial charge in [-0.3, -0.25) is 10.5 Å². The molecule has 8 heteroatoms. The van der Waals surface area contributed by atoms with Crippen LogP contribution in [-0.2, 0) is 16.9 Å². The highest BCUT2D eigenvalue weighted by molar-refractivity contribution is 7.90. The first-order valence-corrected chi connectivity index (χ1v) is 7.43. The predicted molar refractivity (Wildman–Crippen MR) is 69.7 cm³/mol. The Morgan fingerprint density at radius 3 is 2.37 bits per heavy atom. The third-order valence-corrected chi connectivity index (χ3v) is 3.98. The van der Waals surface area contributed by atoms with E-state index in [1.807, 2.05) is 0 Å². The van der Waals surface area contributed by atoms with E-state index in [0.29, 0.717) is 0 Å². The van der Waals surface area contributed by atoms with Gasteiger partial charge >= 0.3 is 0 Å². The van der Waals surface area contributed by atoms with Crippen LogP contribution < -0.4 is 11.3 Å². The van der Waals surface area contributed by atoms with Crippen LogP contribution in [0.5, 0.6) is 0 Å². The average molecular weight is 281 g/mol. The van der Waals surface area contributed by atoms with Gasteiger partial charge in [-0.2, -0.15) is 0 Å². The van der Waals surface area contributed by atoms with E-state index >= 15 is 0 Å². The average Bonchev–Trinajstić information content (AvgIpc) is 2.76. The number of nitrogens with two attached hydrogens (primary N) is 1. The maximum atomic E-state index is 11.4. The highest BCUT2D eigenvalue weighted by Crippen LogP contribution is 2.21. The van der Waals surface area contributed by atoms with Gasteiger partial charge in [0.05, 0.1) is 22.8 Å². The van der Waals surface area contributed by atoms with Crippen LogP contribution in [0.4, 0.5) is 0 Å². The van der Waals surface area contributed by atoms with E-state index in [-0.39, 0.29) is 10.9 Å². The monoisotopic (exact) mass is 281 g/mol. The molecular weight excluding hydrogens is 266 g/mol. The number of aromatic nitrogens is 3. The van der Waals surface area contributed by atoms with Gasteiger partial charge in [0.2, 0.25) is 0 Å². The molecule has 2 rings (SSSR count). The van der Waals surface area contributed by atoms with E-state index in [4.69, 9.17) is 5.84 Å². The zero-order valence-corrected chi connectivity index (χ0v) is 11.4. The number of nitrogens with one attached hydrogen (secondary N) is 1. The summed E-state index contributed by atoms with van der Waals surface area (Å²) in [6.45, 7) is 0. The van der Waals surface area contributed by atoms with Gasteiger partial charge in [-0.25, -0.2) is 13.8 Å². The zero-order valence-electron chi connectivity index (χ0n) is 10.6. The summed E-state index contributed by atoms with van der Waals surface area (Å²) in [6.07, 6.45) is 2.78. The van der Waals surface area contributed by atoms with Crippen molar-refractivity contribution in [3.8, 4) is 0 Å². The summed E-state index contributed by atoms with van der Waals surface area (Å²) in [4.78, 5) is 0.273. The highest BCUT2D eigenvalue weighted by atomic mass is 32.2. The van der Waals surface area contributed by atoms with Crippen molar-refractivity contribution in [1.29, 1.82) is 0 Å². The Morgan fingerprint density at radius 1 is 1.32 bits per heavy atom. The van der Waals surface area contributed by atoms with Gasteiger partial charge in [-0.05, 0) is 17.7 Å². The van der Waals surface area contributed by atoms with Crippen LogP contribution in [0.25, 0.3) is 0 Å². The largest absolute Gasteiger partial charge is 0.271 e. The second-order valence-corrected chi connectivity index (χ2v) is 6.24. The topological polar surface area (TPSA) is 103 Å². The Kier molecular flexibility index (Phi) is 3.65. The number of aryl methyl sites for hydroxylation is 1. The van der Waals surface area contributed by atoms with Crippen LogP contribution in [0.3, 0.4) is 0 Å². The summed E-state index contributed by atoms with van der Waals surface area (Å²) in [5.41, 5.74) is 4.29. The predicted octanol–water partition coefficient (Wildman–Crippen LogP) is -0.229. The van der Waals surface area contributed by atoms with Gasteiger partial charge in [0, 0.05) is 13.3 Å². The van der Waals surface area contributed by atoms with Crippen molar-refractivity contribution in [2.75, 3.05) is 6.26 Å². The molecule has 0 aliphatic rings. The van der Waals surface area contributed by atoms with Gasteiger partial charge in [-0.1, -0.05) is 17.3 Å². The van der Waals surface area contributed by atoms with Gasteiger partial charge in [0.15, 0.2) is 9.84 Å². The molecule has 1 heterocycles. The van der Waals surface area contributed by atoms with Crippen molar-refractivity contribution in [2.24, 2.45) is 12.9 Å². The first kappa shape index (κ1) is 13.7. The molecule has 1 unspecified atom stereocenters. The van der Waals surface area contributed by atoms with E-state index in [1.165, 1.54) is 6.26 Å². The molecule has 0 spiro atoms. The molecule has 0 bridgehead atoms. The number of rotatable bonds is 4. The van der Waals surface area contributed by atoms with Crippen molar-refractivity contribution in [2.45, 2.75) is 10.9 Å². The van der Waals surface area contributed by atoms with Crippen molar-refractivity contribution in [3.05, 3.63) is 41.7 Å². The second kappa shape index (κ2) is 5.08. The number of hydrazine groups is 1. The van der Waals surface area contributed by atoms with E-state index in [0.717, 1.165) is 11.3 Å². The third-order valence-electron chi connectivity index (χ3n) is 2.85. The molecule has 0 saturated carbocycles. The molecular formula is C11H15N5O2S. The summed E-state index contributed by atoms with van der Waals surface area (Å²) in [5.74, 6) is 5.55. The van der Waals surface area contributed by atoms with Crippen LogP contribution in [0.2, 0.25) is 0 Å². The minimum atomic E-state index is -3.20. The van der Waals surface area contributed by atoms with Crippen molar-refractivity contribution in [1.82, 2.24) is 20.4 Å². The lowest BCUT2D eigenvalue weighted by molar-refractivity contribution is 0.569. The Hall–Kier alpha value is -1.77. The Morgan fingerprint density at radius 2 is 1.95 bits per heavy atom. The SMILES string of the molecule is Cn1nncc1C(NN)c1ccc(S(C)(=O)=O)cc1. The zero-order chi connectivity index (χ0) is 14.0. The molecule has 0 aliphatic carbocycles. The van der Waals surface area contributed by atoms with Gasteiger partial charge in [0.1, 0.15) is 0 Å². The van der Waals surface area contributed by atoms with E-state index in [9.17, 15) is 8.42 Å². The van der Waals surface area contributed by atoms with E-state index < -0.39 is 9.84 Å². The minimum Gasteiger partial charge on any atom is -0.271 e. The van der Waals surface area contributed by atoms with E-state index in [2.05, 4.69) is 15.7 Å². The highest BCUT2D eigenvalue weighted by Gasteiger charge is 2.17. The fraction of sp³-hybridized carbons (Fsp3) is 0.273. The first-order valence-electron chi connectivity index (χ1n) is 5.54. The molecule has 2 aromatic rings. The van der Waals surface area contributed by atoms with Gasteiger partial charge in [0.25, 0.3) is 0 Å². The Labute approximate surface area is 111 Å². The fourth-order valence-electron chi connectivity index (χ4n) is 1.82. The maximum Gasteiger partial charge on any atom is 0.175 e. The number of hydrogen-bond acceptors (Lipinski definition) is 6. The molecule has 1 aromatic carbocycles. The van der Waals surface area contributed by atoms with E-state index in [1.54, 1.807) is 42.2 Å². The van der Waals surface area contributed by atoms with Crippen molar-refractivity contribution >= 4 is 9.84 Å². The normalized spacial score (nSPS) is 13.4. The molecule has 0 saturated heterocycles. The molecule has 1 atom stereocenters. The smallest absolute Gasteiger partial charge is 0.175 e. The molecule has 0 aliphatic heterocycles. The van der Waals surface area contributed by atoms with Crippen LogP contribution in [-0.4, -0.2) is 29.7 Å². The standard InChI is InChI=1S/C11H15N5O2S/c1-16-10(7-13-15-16)11(14-12)8-3-5-9(6-4-8)19(2,17)18/h3-7,11,14H,12H2,1-2H3. The Balaban J connectivity index is 2.38.